The van der Waals surface area contributed by atoms with Gasteiger partial charge in [0.05, 0.1) is 0 Å². The molecule has 3 nitrogen and oxygen atoms in total. The number of fused-ring (bicyclic) bond motifs is 3. The van der Waals surface area contributed by atoms with Crippen molar-refractivity contribution >= 4 is 10.9 Å². The maximum Gasteiger partial charge on any atom is 0.123 e. The summed E-state index contributed by atoms with van der Waals surface area (Å²) in [6, 6.07) is 10.9. The fraction of sp³-hybridized carbons (Fsp3) is 0.263. The fourth-order valence-electron chi connectivity index (χ4n) is 3.26. The molecule has 0 bridgehead atoms. The first-order valence-electron chi connectivity index (χ1n) is 8.09. The van der Waals surface area contributed by atoms with Crippen molar-refractivity contribution in [1.29, 1.82) is 0 Å². The van der Waals surface area contributed by atoms with Crippen LogP contribution in [0.15, 0.2) is 42.5 Å². The van der Waals surface area contributed by atoms with Gasteiger partial charge in [0.25, 0.3) is 0 Å². The van der Waals surface area contributed by atoms with Gasteiger partial charge >= 0.3 is 0 Å². The first kappa shape index (κ1) is 15.1. The van der Waals surface area contributed by atoms with Crippen molar-refractivity contribution in [3.63, 3.8) is 0 Å². The van der Waals surface area contributed by atoms with Crippen LogP contribution in [-0.2, 0) is 13.0 Å². The third kappa shape index (κ3) is 2.99. The zero-order chi connectivity index (χ0) is 16.5. The Morgan fingerprint density at radius 2 is 1.83 bits per heavy atom. The monoisotopic (exact) mass is 328 g/mol. The summed E-state index contributed by atoms with van der Waals surface area (Å²) in [4.78, 5) is 5.69. The highest BCUT2D eigenvalue weighted by Gasteiger charge is 2.20. The van der Waals surface area contributed by atoms with Crippen LogP contribution in [0.25, 0.3) is 10.9 Å². The van der Waals surface area contributed by atoms with Crippen molar-refractivity contribution < 1.29 is 13.5 Å². The Labute approximate surface area is 138 Å². The van der Waals surface area contributed by atoms with E-state index in [-0.39, 0.29) is 11.6 Å². The number of aromatic amines is 1. The zero-order valence-electron chi connectivity index (χ0n) is 13.2. The second kappa shape index (κ2) is 6.24. The third-order valence-corrected chi connectivity index (χ3v) is 4.51. The van der Waals surface area contributed by atoms with Gasteiger partial charge in [-0.15, -0.1) is 0 Å². The number of hydrogen-bond acceptors (Lipinski definition) is 2. The second-order valence-electron chi connectivity index (χ2n) is 6.10. The molecule has 0 saturated carbocycles. The van der Waals surface area contributed by atoms with Crippen molar-refractivity contribution in [2.75, 3.05) is 19.7 Å². The number of benzene rings is 2. The van der Waals surface area contributed by atoms with Crippen LogP contribution in [0.2, 0.25) is 0 Å². The molecule has 4 rings (SSSR count). The number of nitrogens with one attached hydrogen (secondary N) is 1. The van der Waals surface area contributed by atoms with Gasteiger partial charge in [-0.3, -0.25) is 4.90 Å². The summed E-state index contributed by atoms with van der Waals surface area (Å²) in [5.74, 6) is 0.196. The van der Waals surface area contributed by atoms with Crippen LogP contribution in [0, 0.1) is 11.6 Å². The molecule has 0 unspecified atom stereocenters. The lowest BCUT2D eigenvalue weighted by molar-refractivity contribution is 0.196. The van der Waals surface area contributed by atoms with Crippen LogP contribution in [-0.4, -0.2) is 29.6 Å². The second-order valence-corrected chi connectivity index (χ2v) is 6.10. The van der Waals surface area contributed by atoms with Crippen LogP contribution in [0.1, 0.15) is 11.3 Å². The van der Waals surface area contributed by atoms with E-state index in [1.54, 1.807) is 24.3 Å². The molecular formula is C19H18F2N2O. The summed E-state index contributed by atoms with van der Waals surface area (Å²) in [5.41, 5.74) is 3.37. The Morgan fingerprint density at radius 3 is 2.67 bits per heavy atom. The maximum absolute atomic E-state index is 13.5. The van der Waals surface area contributed by atoms with Crippen molar-refractivity contribution in [3.05, 3.63) is 65.4 Å². The fourth-order valence-corrected chi connectivity index (χ4v) is 3.26. The molecule has 0 atom stereocenters. The first-order valence-corrected chi connectivity index (χ1v) is 8.09. The highest BCUT2D eigenvalue weighted by Crippen LogP contribution is 2.28. The Morgan fingerprint density at radius 1 is 1.04 bits per heavy atom. The number of H-pyrrole nitrogens is 1. The number of nitrogens with zero attached hydrogens (tertiary/aromatic N) is 1. The SMILES string of the molecule is Fc1ccc(OCCN2CCc3[nH]c4ccc(F)cc4c3C2)cc1. The molecule has 1 aromatic heterocycles. The molecule has 3 aromatic rings. The standard InChI is InChI=1S/C19H18F2N2O/c20-13-1-4-15(5-2-13)24-10-9-23-8-7-19-17(12-23)16-11-14(21)3-6-18(16)22-19/h1-6,11,22H,7-10,12H2. The Bertz CT molecular complexity index is 858. The minimum absolute atomic E-state index is 0.207. The van der Waals surface area contributed by atoms with Crippen molar-refractivity contribution in [2.24, 2.45) is 0 Å². The van der Waals surface area contributed by atoms with Gasteiger partial charge in [-0.1, -0.05) is 0 Å². The Balaban J connectivity index is 1.41. The molecule has 0 amide bonds. The van der Waals surface area contributed by atoms with Crippen LogP contribution < -0.4 is 4.74 Å². The van der Waals surface area contributed by atoms with E-state index < -0.39 is 0 Å². The molecule has 2 aromatic carbocycles. The molecule has 0 aliphatic carbocycles. The number of aromatic nitrogens is 1. The average molecular weight is 328 g/mol. The average Bonchev–Trinajstić information content (AvgIpc) is 2.94. The number of ether oxygens (including phenoxy) is 1. The molecule has 1 N–H and O–H groups in total. The predicted molar refractivity (Wildman–Crippen MR) is 89.1 cm³/mol. The van der Waals surface area contributed by atoms with Gasteiger partial charge in [-0.2, -0.15) is 0 Å². The molecule has 1 aliphatic rings. The summed E-state index contributed by atoms with van der Waals surface area (Å²) in [6.45, 7) is 3.04. The molecule has 0 radical (unpaired) electrons. The number of rotatable bonds is 4. The molecular weight excluding hydrogens is 310 g/mol. The highest BCUT2D eigenvalue weighted by atomic mass is 19.1. The van der Waals surface area contributed by atoms with Crippen LogP contribution >= 0.6 is 0 Å². The lowest BCUT2D eigenvalue weighted by Crippen LogP contribution is -2.33. The van der Waals surface area contributed by atoms with E-state index in [1.807, 2.05) is 0 Å². The lowest BCUT2D eigenvalue weighted by atomic mass is 10.0. The molecule has 0 saturated heterocycles. The number of hydrogen-bond donors (Lipinski definition) is 1. The topological polar surface area (TPSA) is 28.3 Å². The summed E-state index contributed by atoms with van der Waals surface area (Å²) >= 11 is 0. The van der Waals surface area contributed by atoms with E-state index in [1.165, 1.54) is 29.5 Å². The van der Waals surface area contributed by atoms with E-state index in [2.05, 4.69) is 9.88 Å². The summed E-state index contributed by atoms with van der Waals surface area (Å²) in [6.07, 6.45) is 0.919. The molecule has 0 fully saturated rings. The van der Waals surface area contributed by atoms with Crippen molar-refractivity contribution in [2.45, 2.75) is 13.0 Å². The van der Waals surface area contributed by atoms with E-state index in [4.69, 9.17) is 4.74 Å². The largest absolute Gasteiger partial charge is 0.492 e. The van der Waals surface area contributed by atoms with Crippen molar-refractivity contribution in [3.8, 4) is 5.75 Å². The van der Waals surface area contributed by atoms with E-state index in [9.17, 15) is 8.78 Å². The third-order valence-electron chi connectivity index (χ3n) is 4.51. The Kier molecular flexibility index (Phi) is 3.94. The molecule has 0 spiro atoms. The number of halogens is 2. The maximum atomic E-state index is 13.5. The van der Waals surface area contributed by atoms with Gasteiger partial charge < -0.3 is 9.72 Å². The Hall–Kier alpha value is -2.40. The van der Waals surface area contributed by atoms with Crippen LogP contribution in [0.4, 0.5) is 8.78 Å². The lowest BCUT2D eigenvalue weighted by Gasteiger charge is -2.27. The van der Waals surface area contributed by atoms with Crippen molar-refractivity contribution in [1.82, 2.24) is 9.88 Å². The van der Waals surface area contributed by atoms with E-state index in [0.717, 1.165) is 37.0 Å². The van der Waals surface area contributed by atoms with E-state index >= 15 is 0 Å². The zero-order valence-corrected chi connectivity index (χ0v) is 13.2. The quantitative estimate of drug-likeness (QED) is 0.787. The first-order chi connectivity index (χ1) is 11.7. The minimum atomic E-state index is -0.266. The van der Waals surface area contributed by atoms with Gasteiger partial charge in [-0.05, 0) is 48.0 Å². The summed E-state index contributed by atoms with van der Waals surface area (Å²) in [7, 11) is 0. The predicted octanol–water partition coefficient (Wildman–Crippen LogP) is 3.88. The van der Waals surface area contributed by atoms with Gasteiger partial charge in [0, 0.05) is 42.7 Å². The molecule has 24 heavy (non-hydrogen) atoms. The molecule has 124 valence electrons. The van der Waals surface area contributed by atoms with Crippen LogP contribution in [0.5, 0.6) is 5.75 Å². The highest BCUT2D eigenvalue weighted by molar-refractivity contribution is 5.84. The van der Waals surface area contributed by atoms with Gasteiger partial charge in [0.15, 0.2) is 0 Å². The summed E-state index contributed by atoms with van der Waals surface area (Å²) < 4.78 is 32.1. The van der Waals surface area contributed by atoms with Crippen LogP contribution in [0.3, 0.4) is 0 Å². The van der Waals surface area contributed by atoms with E-state index in [0.29, 0.717) is 12.4 Å². The normalized spacial score (nSPS) is 14.8. The summed E-state index contributed by atoms with van der Waals surface area (Å²) in [5, 5.41) is 0.967. The van der Waals surface area contributed by atoms with Gasteiger partial charge in [-0.25, -0.2) is 8.78 Å². The molecule has 5 heteroatoms. The molecule has 2 heterocycles. The smallest absolute Gasteiger partial charge is 0.123 e. The van der Waals surface area contributed by atoms with Gasteiger partial charge in [0.1, 0.15) is 24.0 Å². The molecule has 1 aliphatic heterocycles. The minimum Gasteiger partial charge on any atom is -0.492 e. The van der Waals surface area contributed by atoms with Gasteiger partial charge in [0.2, 0.25) is 0 Å².